The summed E-state index contributed by atoms with van der Waals surface area (Å²) < 4.78 is 0. The summed E-state index contributed by atoms with van der Waals surface area (Å²) in [4.78, 5) is 48.0. The summed E-state index contributed by atoms with van der Waals surface area (Å²) in [5.74, 6) is -0.583. The number of para-hydroxylation sites is 1. The topological polar surface area (TPSA) is 124 Å². The first-order valence-corrected chi connectivity index (χ1v) is 13.3. The predicted molar refractivity (Wildman–Crippen MR) is 153 cm³/mol. The van der Waals surface area contributed by atoms with Gasteiger partial charge in [0.1, 0.15) is 11.4 Å². The Morgan fingerprint density at radius 2 is 1.70 bits per heavy atom. The van der Waals surface area contributed by atoms with Gasteiger partial charge in [0, 0.05) is 67.9 Å². The molecule has 3 aliphatic rings. The molecular formula is C32H25N5O3. The minimum atomic E-state index is -0.368. The highest BCUT2D eigenvalue weighted by Crippen LogP contribution is 2.74. The van der Waals surface area contributed by atoms with E-state index in [1.165, 1.54) is 0 Å². The van der Waals surface area contributed by atoms with Crippen LogP contribution in [0.5, 0.6) is 0 Å². The Balaban J connectivity index is 1.09. The van der Waals surface area contributed by atoms with Crippen LogP contribution in [0.1, 0.15) is 50.2 Å². The van der Waals surface area contributed by atoms with Gasteiger partial charge in [0.15, 0.2) is 5.78 Å². The maximum absolute atomic E-state index is 13.8. The van der Waals surface area contributed by atoms with E-state index < -0.39 is 0 Å². The van der Waals surface area contributed by atoms with Gasteiger partial charge in [-0.25, -0.2) is 0 Å². The number of amides is 2. The lowest BCUT2D eigenvalue weighted by atomic mass is 9.78. The number of aromatic amines is 2. The van der Waals surface area contributed by atoms with Crippen molar-refractivity contribution >= 4 is 50.8 Å². The van der Waals surface area contributed by atoms with E-state index in [2.05, 4.69) is 22.2 Å². The quantitative estimate of drug-likeness (QED) is 0.236. The summed E-state index contributed by atoms with van der Waals surface area (Å²) >= 11 is 0. The maximum atomic E-state index is 13.8. The third kappa shape index (κ3) is 2.93. The number of piperidine rings is 1. The smallest absolute Gasteiger partial charge is 0.274 e. The first-order valence-electron chi connectivity index (χ1n) is 13.3. The van der Waals surface area contributed by atoms with Gasteiger partial charge >= 0.3 is 0 Å². The molecule has 40 heavy (non-hydrogen) atoms. The van der Waals surface area contributed by atoms with Crippen LogP contribution in [0.3, 0.4) is 0 Å². The van der Waals surface area contributed by atoms with Crippen molar-refractivity contribution in [2.24, 2.45) is 5.41 Å². The number of carbonyl (C=O) groups is 3. The van der Waals surface area contributed by atoms with Crippen molar-refractivity contribution in [3.8, 4) is 0 Å². The SMILES string of the molecule is CC12CN(C(=O)c3cc4cc(NC(=O)c5cc6ccccc6[nH]5)ccc4[nH]3)C3=CC(=O)c4c(N)cccc4C31C2. The second-order valence-electron chi connectivity index (χ2n) is 11.4. The Morgan fingerprint density at radius 3 is 2.55 bits per heavy atom. The van der Waals surface area contributed by atoms with E-state index in [0.29, 0.717) is 34.9 Å². The van der Waals surface area contributed by atoms with E-state index in [1.807, 2.05) is 54.6 Å². The van der Waals surface area contributed by atoms with Gasteiger partial charge in [-0.15, -0.1) is 0 Å². The lowest BCUT2D eigenvalue weighted by Gasteiger charge is -2.29. The molecule has 2 aliphatic carbocycles. The van der Waals surface area contributed by atoms with Crippen LogP contribution in [0.15, 0.2) is 84.6 Å². The summed E-state index contributed by atoms with van der Waals surface area (Å²) in [6.45, 7) is 2.70. The lowest BCUT2D eigenvalue weighted by molar-refractivity contribution is 0.0798. The number of allylic oxidation sites excluding steroid dienone is 2. The zero-order valence-corrected chi connectivity index (χ0v) is 21.7. The number of ketones is 1. The van der Waals surface area contributed by atoms with Gasteiger partial charge in [0.25, 0.3) is 11.8 Å². The van der Waals surface area contributed by atoms with E-state index in [0.717, 1.165) is 39.5 Å². The molecule has 3 heterocycles. The second kappa shape index (κ2) is 7.51. The average molecular weight is 528 g/mol. The molecule has 3 aromatic carbocycles. The fraction of sp³-hybridized carbons (Fsp3) is 0.156. The van der Waals surface area contributed by atoms with Gasteiger partial charge in [-0.1, -0.05) is 37.3 Å². The largest absolute Gasteiger partial charge is 0.398 e. The maximum Gasteiger partial charge on any atom is 0.274 e. The van der Waals surface area contributed by atoms with Crippen LogP contribution in [-0.2, 0) is 5.41 Å². The number of likely N-dealkylation sites (tertiary alicyclic amines) is 1. The number of nitrogens with zero attached hydrogens (tertiary/aromatic N) is 1. The lowest BCUT2D eigenvalue weighted by Crippen LogP contribution is -2.34. The van der Waals surface area contributed by atoms with Crippen LogP contribution in [-0.4, -0.2) is 39.0 Å². The van der Waals surface area contributed by atoms with E-state index in [-0.39, 0.29) is 28.4 Å². The van der Waals surface area contributed by atoms with Gasteiger partial charge in [-0.05, 0) is 54.4 Å². The fourth-order valence-electron chi connectivity index (χ4n) is 7.00. The minimum absolute atomic E-state index is 0.149. The molecule has 2 fully saturated rings. The van der Waals surface area contributed by atoms with Crippen molar-refractivity contribution in [2.75, 3.05) is 17.6 Å². The van der Waals surface area contributed by atoms with Crippen molar-refractivity contribution in [3.63, 3.8) is 0 Å². The zero-order chi connectivity index (χ0) is 27.4. The van der Waals surface area contributed by atoms with Crippen molar-refractivity contribution in [3.05, 3.63) is 107 Å². The molecule has 5 N–H and O–H groups in total. The number of rotatable bonds is 3. The summed E-state index contributed by atoms with van der Waals surface area (Å²) in [5, 5.41) is 4.71. The number of nitrogens with one attached hydrogen (secondary N) is 3. The summed E-state index contributed by atoms with van der Waals surface area (Å²) in [6.07, 6.45) is 2.49. The Labute approximate surface area is 228 Å². The number of carbonyl (C=O) groups excluding carboxylic acids is 3. The first-order chi connectivity index (χ1) is 19.3. The standard InChI is InChI=1S/C32H25N5O3/c1-31-15-32(31)20-6-4-7-21(33)28(20)26(38)14-27(32)37(16-31)30(40)25-13-18-11-19(9-10-23(18)36-25)34-29(39)24-12-17-5-2-3-8-22(17)35-24/h2-14,35-36H,15-16,33H2,1H3,(H,34,39). The van der Waals surface area contributed by atoms with Crippen molar-refractivity contribution in [1.82, 2.24) is 14.9 Å². The van der Waals surface area contributed by atoms with E-state index >= 15 is 0 Å². The number of H-pyrrole nitrogens is 2. The fourth-order valence-corrected chi connectivity index (χ4v) is 7.00. The molecule has 5 aromatic rings. The van der Waals surface area contributed by atoms with Gasteiger partial charge in [0.05, 0.1) is 0 Å². The summed E-state index contributed by atoms with van der Waals surface area (Å²) in [5.41, 5.74) is 11.6. The van der Waals surface area contributed by atoms with Crippen LogP contribution in [0.25, 0.3) is 21.8 Å². The number of nitrogen functional groups attached to an aromatic ring is 1. The zero-order valence-electron chi connectivity index (χ0n) is 21.7. The van der Waals surface area contributed by atoms with E-state index in [9.17, 15) is 14.4 Å². The molecule has 8 nitrogen and oxygen atoms in total. The molecule has 8 rings (SSSR count). The van der Waals surface area contributed by atoms with Crippen molar-refractivity contribution in [2.45, 2.75) is 18.8 Å². The Hall–Kier alpha value is -5.11. The predicted octanol–water partition coefficient (Wildman–Crippen LogP) is 5.37. The molecule has 0 radical (unpaired) electrons. The molecule has 2 amide bonds. The molecule has 8 heteroatoms. The third-order valence-corrected chi connectivity index (χ3v) is 9.00. The van der Waals surface area contributed by atoms with Gasteiger partial charge in [-0.3, -0.25) is 14.4 Å². The van der Waals surface area contributed by atoms with Gasteiger partial charge in [0.2, 0.25) is 0 Å². The Morgan fingerprint density at radius 1 is 0.925 bits per heavy atom. The van der Waals surface area contributed by atoms with Crippen molar-refractivity contribution in [1.29, 1.82) is 0 Å². The number of anilines is 2. The monoisotopic (exact) mass is 527 g/mol. The van der Waals surface area contributed by atoms with E-state index in [1.54, 1.807) is 29.2 Å². The van der Waals surface area contributed by atoms with Crippen LogP contribution < -0.4 is 11.1 Å². The molecule has 1 spiro atoms. The highest BCUT2D eigenvalue weighted by atomic mass is 16.2. The minimum Gasteiger partial charge on any atom is -0.398 e. The molecule has 196 valence electrons. The molecule has 1 saturated carbocycles. The number of hydrogen-bond acceptors (Lipinski definition) is 4. The molecule has 2 atom stereocenters. The number of fused-ring (bicyclic) bond motifs is 3. The van der Waals surface area contributed by atoms with Crippen molar-refractivity contribution < 1.29 is 14.4 Å². The Bertz CT molecular complexity index is 1970. The van der Waals surface area contributed by atoms with Gasteiger partial charge in [-0.2, -0.15) is 0 Å². The summed E-state index contributed by atoms with van der Waals surface area (Å²) in [6, 6.07) is 22.5. The van der Waals surface area contributed by atoms with Crippen LogP contribution in [0.2, 0.25) is 0 Å². The molecule has 1 saturated heterocycles. The first kappa shape index (κ1) is 22.8. The molecular weight excluding hydrogens is 502 g/mol. The molecule has 2 unspecified atom stereocenters. The molecule has 1 aliphatic heterocycles. The highest BCUT2D eigenvalue weighted by molar-refractivity contribution is 6.13. The van der Waals surface area contributed by atoms with Crippen LogP contribution in [0, 0.1) is 5.41 Å². The normalized spacial score (nSPS) is 22.6. The van der Waals surface area contributed by atoms with E-state index in [4.69, 9.17) is 5.73 Å². The molecule has 0 bridgehead atoms. The number of benzene rings is 3. The van der Waals surface area contributed by atoms with Crippen LogP contribution >= 0.6 is 0 Å². The Kier molecular flexibility index (Phi) is 4.28. The van der Waals surface area contributed by atoms with Crippen LogP contribution in [0.4, 0.5) is 11.4 Å². The number of aromatic nitrogens is 2. The summed E-state index contributed by atoms with van der Waals surface area (Å²) in [7, 11) is 0. The number of hydrogen-bond donors (Lipinski definition) is 4. The third-order valence-electron chi connectivity index (χ3n) is 9.00. The molecule has 2 aromatic heterocycles. The average Bonchev–Trinajstić information content (AvgIpc) is 3.31. The highest BCUT2D eigenvalue weighted by Gasteiger charge is 2.75. The second-order valence-corrected chi connectivity index (χ2v) is 11.4. The van der Waals surface area contributed by atoms with Gasteiger partial charge < -0.3 is 25.9 Å². The number of nitrogens with two attached hydrogens (primary N) is 1.